The van der Waals surface area contributed by atoms with Gasteiger partial charge in [-0.3, -0.25) is 4.79 Å². The van der Waals surface area contributed by atoms with E-state index < -0.39 is 0 Å². The van der Waals surface area contributed by atoms with Crippen molar-refractivity contribution in [1.82, 2.24) is 5.32 Å². The molecule has 0 bridgehead atoms. The molecule has 162 valence electrons. The first-order chi connectivity index (χ1) is 15.0. The molecule has 31 heavy (non-hydrogen) atoms. The molecule has 1 N–H and O–H groups in total. The van der Waals surface area contributed by atoms with Crippen molar-refractivity contribution in [3.63, 3.8) is 0 Å². The van der Waals surface area contributed by atoms with Crippen molar-refractivity contribution in [2.75, 3.05) is 13.2 Å². The lowest BCUT2D eigenvalue weighted by Crippen LogP contribution is -2.19. The number of hydrogen-bond acceptors (Lipinski definition) is 5. The highest BCUT2D eigenvalue weighted by molar-refractivity contribution is 8.18. The molecule has 0 aromatic heterocycles. The number of rotatable bonds is 8. The monoisotopic (exact) mass is 456 g/mol. The second kappa shape index (κ2) is 10.6. The molecule has 2 aromatic carbocycles. The van der Waals surface area contributed by atoms with Crippen LogP contribution in [0.1, 0.15) is 30.5 Å². The van der Waals surface area contributed by atoms with Crippen LogP contribution in [0.15, 0.2) is 52.9 Å². The van der Waals surface area contributed by atoms with Gasteiger partial charge in [-0.25, -0.2) is 4.99 Å². The molecule has 0 radical (unpaired) electrons. The molecule has 1 amide bonds. The highest BCUT2D eigenvalue weighted by atomic mass is 35.5. The summed E-state index contributed by atoms with van der Waals surface area (Å²) in [6.45, 7) is 10.6. The van der Waals surface area contributed by atoms with Crippen LogP contribution < -0.4 is 14.8 Å². The van der Waals surface area contributed by atoms with Crippen molar-refractivity contribution in [2.24, 2.45) is 4.99 Å². The average Bonchev–Trinajstić information content (AvgIpc) is 3.07. The minimum absolute atomic E-state index is 0.194. The molecular formula is C24H25ClN2O3S. The van der Waals surface area contributed by atoms with Gasteiger partial charge >= 0.3 is 0 Å². The van der Waals surface area contributed by atoms with E-state index in [1.54, 1.807) is 0 Å². The van der Waals surface area contributed by atoms with E-state index in [0.717, 1.165) is 22.4 Å². The number of carbonyl (C=O) groups is 1. The van der Waals surface area contributed by atoms with E-state index in [-0.39, 0.29) is 5.91 Å². The summed E-state index contributed by atoms with van der Waals surface area (Å²) in [4.78, 5) is 17.7. The zero-order valence-electron chi connectivity index (χ0n) is 17.8. The SMILES string of the molecule is C=CCc1cc(/C=C2/SC(=Nc3cccc(Cl)c3C)NC2=O)cc(OCC)c1OCC. The van der Waals surface area contributed by atoms with Crippen LogP contribution in [-0.2, 0) is 11.2 Å². The number of hydrogen-bond donors (Lipinski definition) is 1. The second-order valence-corrected chi connectivity index (χ2v) is 8.17. The predicted molar refractivity (Wildman–Crippen MR) is 130 cm³/mol. The summed E-state index contributed by atoms with van der Waals surface area (Å²) in [5.74, 6) is 1.18. The van der Waals surface area contributed by atoms with Crippen molar-refractivity contribution in [2.45, 2.75) is 27.2 Å². The fourth-order valence-electron chi connectivity index (χ4n) is 3.10. The summed E-state index contributed by atoms with van der Waals surface area (Å²) < 4.78 is 11.6. The molecule has 0 aliphatic carbocycles. The van der Waals surface area contributed by atoms with Gasteiger partial charge in [0.05, 0.1) is 23.8 Å². The van der Waals surface area contributed by atoms with E-state index in [9.17, 15) is 4.79 Å². The standard InChI is InChI=1S/C24H25ClN2O3S/c1-5-9-17-12-16(13-20(29-6-2)22(17)30-7-3)14-21-23(28)27-24(31-21)26-19-11-8-10-18(25)15(19)4/h5,8,10-14H,1,6-7,9H2,2-4H3,(H,26,27,28)/b21-14+. The highest BCUT2D eigenvalue weighted by Crippen LogP contribution is 2.36. The molecule has 2 aromatic rings. The normalized spacial score (nSPS) is 15.9. The third kappa shape index (κ3) is 5.51. The molecule has 0 unspecified atom stereocenters. The van der Waals surface area contributed by atoms with Gasteiger partial charge in [-0.05, 0) is 80.4 Å². The Hall–Kier alpha value is -2.70. The number of ether oxygens (including phenoxy) is 2. The maximum absolute atomic E-state index is 12.5. The first kappa shape index (κ1) is 23.0. The van der Waals surface area contributed by atoms with E-state index in [2.05, 4.69) is 16.9 Å². The van der Waals surface area contributed by atoms with Crippen LogP contribution in [-0.4, -0.2) is 24.3 Å². The lowest BCUT2D eigenvalue weighted by Gasteiger charge is -2.16. The number of benzene rings is 2. The number of nitrogens with zero attached hydrogens (tertiary/aromatic N) is 1. The summed E-state index contributed by atoms with van der Waals surface area (Å²) >= 11 is 7.47. The maximum atomic E-state index is 12.5. The number of carbonyl (C=O) groups excluding carboxylic acids is 1. The summed E-state index contributed by atoms with van der Waals surface area (Å²) in [6, 6.07) is 9.40. The zero-order chi connectivity index (χ0) is 22.4. The largest absolute Gasteiger partial charge is 0.490 e. The Balaban J connectivity index is 1.95. The van der Waals surface area contributed by atoms with Gasteiger partial charge in [0.15, 0.2) is 16.7 Å². The van der Waals surface area contributed by atoms with Crippen molar-refractivity contribution < 1.29 is 14.3 Å². The average molecular weight is 457 g/mol. The topological polar surface area (TPSA) is 59.9 Å². The Bertz CT molecular complexity index is 1060. The molecule has 5 nitrogen and oxygen atoms in total. The fraction of sp³-hybridized carbons (Fsp3) is 0.250. The van der Waals surface area contributed by atoms with Crippen LogP contribution in [0.3, 0.4) is 0 Å². The van der Waals surface area contributed by atoms with Gasteiger partial charge in [0.1, 0.15) is 0 Å². The Morgan fingerprint density at radius 3 is 2.71 bits per heavy atom. The third-order valence-electron chi connectivity index (χ3n) is 4.52. The Morgan fingerprint density at radius 2 is 2.00 bits per heavy atom. The van der Waals surface area contributed by atoms with Gasteiger partial charge in [-0.15, -0.1) is 6.58 Å². The number of amides is 1. The summed E-state index contributed by atoms with van der Waals surface area (Å²) in [5.41, 5.74) is 3.40. The molecular weight excluding hydrogens is 432 g/mol. The van der Waals surface area contributed by atoms with Gasteiger partial charge in [0, 0.05) is 10.6 Å². The van der Waals surface area contributed by atoms with Crippen LogP contribution in [0.2, 0.25) is 5.02 Å². The quantitative estimate of drug-likeness (QED) is 0.387. The van der Waals surface area contributed by atoms with Gasteiger partial charge < -0.3 is 14.8 Å². The minimum atomic E-state index is -0.194. The van der Waals surface area contributed by atoms with Crippen LogP contribution in [0, 0.1) is 6.92 Å². The van der Waals surface area contributed by atoms with E-state index in [1.807, 2.05) is 63.3 Å². The number of allylic oxidation sites excluding steroid dienone is 1. The van der Waals surface area contributed by atoms with Gasteiger partial charge in [0.2, 0.25) is 0 Å². The number of amidine groups is 1. The van der Waals surface area contributed by atoms with Crippen LogP contribution >= 0.6 is 23.4 Å². The molecule has 1 fully saturated rings. The Kier molecular flexibility index (Phi) is 7.82. The maximum Gasteiger partial charge on any atom is 0.264 e. The smallest absolute Gasteiger partial charge is 0.264 e. The molecule has 1 aliphatic rings. The first-order valence-corrected chi connectivity index (χ1v) is 11.2. The molecule has 1 aliphatic heterocycles. The van der Waals surface area contributed by atoms with Crippen LogP contribution in [0.5, 0.6) is 11.5 Å². The van der Waals surface area contributed by atoms with Gasteiger partial charge in [-0.1, -0.05) is 23.7 Å². The molecule has 3 rings (SSSR count). The summed E-state index contributed by atoms with van der Waals surface area (Å²) in [7, 11) is 0. The van der Waals surface area contributed by atoms with Crippen LogP contribution in [0.25, 0.3) is 6.08 Å². The Labute approximate surface area is 192 Å². The number of aliphatic imine (C=N–C) groups is 1. The number of thioether (sulfide) groups is 1. The zero-order valence-corrected chi connectivity index (χ0v) is 19.4. The Morgan fingerprint density at radius 1 is 1.23 bits per heavy atom. The lowest BCUT2D eigenvalue weighted by molar-refractivity contribution is -0.115. The van der Waals surface area contributed by atoms with Crippen molar-refractivity contribution in [1.29, 1.82) is 0 Å². The molecule has 1 saturated heterocycles. The van der Waals surface area contributed by atoms with E-state index in [4.69, 9.17) is 21.1 Å². The molecule has 0 spiro atoms. The van der Waals surface area contributed by atoms with E-state index >= 15 is 0 Å². The van der Waals surface area contributed by atoms with Crippen molar-refractivity contribution in [3.8, 4) is 11.5 Å². The summed E-state index contributed by atoms with van der Waals surface area (Å²) in [6.07, 6.45) is 4.28. The predicted octanol–water partition coefficient (Wildman–Crippen LogP) is 6.07. The molecule has 0 atom stereocenters. The second-order valence-electron chi connectivity index (χ2n) is 6.73. The molecule has 0 saturated carbocycles. The van der Waals surface area contributed by atoms with E-state index in [0.29, 0.717) is 46.2 Å². The molecule has 7 heteroatoms. The number of halogens is 1. The van der Waals surface area contributed by atoms with E-state index in [1.165, 1.54) is 11.8 Å². The highest BCUT2D eigenvalue weighted by Gasteiger charge is 2.24. The third-order valence-corrected chi connectivity index (χ3v) is 5.84. The fourth-order valence-corrected chi connectivity index (χ4v) is 4.11. The van der Waals surface area contributed by atoms with Gasteiger partial charge in [0.25, 0.3) is 5.91 Å². The van der Waals surface area contributed by atoms with Crippen molar-refractivity contribution in [3.05, 3.63) is 69.6 Å². The molecule has 1 heterocycles. The van der Waals surface area contributed by atoms with Crippen LogP contribution in [0.4, 0.5) is 5.69 Å². The minimum Gasteiger partial charge on any atom is -0.490 e. The first-order valence-electron chi connectivity index (χ1n) is 10.0. The lowest BCUT2D eigenvalue weighted by atomic mass is 10.0. The summed E-state index contributed by atoms with van der Waals surface area (Å²) in [5, 5.41) is 3.98. The number of nitrogens with one attached hydrogen (secondary N) is 1. The van der Waals surface area contributed by atoms with Crippen molar-refractivity contribution >= 4 is 46.2 Å². The van der Waals surface area contributed by atoms with Gasteiger partial charge in [-0.2, -0.15) is 0 Å².